The molecule has 14 heavy (non-hydrogen) atoms. The van der Waals surface area contributed by atoms with Crippen LogP contribution in [0, 0.1) is 0 Å². The average Bonchev–Trinajstić information content (AvgIpc) is 2.18. The highest BCUT2D eigenvalue weighted by Gasteiger charge is 2.17. The largest absolute Gasteiger partial charge is 0.462 e. The highest BCUT2D eigenvalue weighted by atomic mass is 19.3. The summed E-state index contributed by atoms with van der Waals surface area (Å²) in [5.74, 6) is -0.705. The lowest BCUT2D eigenvalue weighted by atomic mass is 10.1. The highest BCUT2D eigenvalue weighted by molar-refractivity contribution is 5.91. The van der Waals surface area contributed by atoms with Gasteiger partial charge in [0.15, 0.2) is 0 Å². The summed E-state index contributed by atoms with van der Waals surface area (Å²) in [4.78, 5) is 11.2. The van der Waals surface area contributed by atoms with Crippen LogP contribution in [0.3, 0.4) is 0 Å². The molecule has 2 nitrogen and oxygen atoms in total. The van der Waals surface area contributed by atoms with Crippen LogP contribution in [-0.2, 0) is 4.74 Å². The molecule has 0 radical (unpaired) electrons. The van der Waals surface area contributed by atoms with Gasteiger partial charge >= 0.3 is 5.97 Å². The summed E-state index contributed by atoms with van der Waals surface area (Å²) in [5.41, 5.74) is -0.352. The fourth-order valence-electron chi connectivity index (χ4n) is 1.08. The van der Waals surface area contributed by atoms with E-state index in [0.29, 0.717) is 0 Å². The molecular formula is C10H10F2O2. The Labute approximate surface area is 80.5 Å². The Bertz CT molecular complexity index is 324. The molecule has 0 saturated heterocycles. The highest BCUT2D eigenvalue weighted by Crippen LogP contribution is 2.22. The van der Waals surface area contributed by atoms with Gasteiger partial charge in [-0.25, -0.2) is 13.6 Å². The fraction of sp³-hybridized carbons (Fsp3) is 0.300. The zero-order valence-corrected chi connectivity index (χ0v) is 7.67. The second-order valence-corrected chi connectivity index (χ2v) is 2.61. The van der Waals surface area contributed by atoms with Gasteiger partial charge in [-0.1, -0.05) is 18.2 Å². The fourth-order valence-corrected chi connectivity index (χ4v) is 1.08. The van der Waals surface area contributed by atoms with Crippen molar-refractivity contribution in [2.24, 2.45) is 0 Å². The average molecular weight is 200 g/mol. The second-order valence-electron chi connectivity index (χ2n) is 2.61. The minimum absolute atomic E-state index is 0.0654. The van der Waals surface area contributed by atoms with Crippen LogP contribution in [0.2, 0.25) is 0 Å². The Kier molecular flexibility index (Phi) is 3.56. The Morgan fingerprint density at radius 2 is 2.07 bits per heavy atom. The topological polar surface area (TPSA) is 26.3 Å². The summed E-state index contributed by atoms with van der Waals surface area (Å²) < 4.78 is 29.5. The van der Waals surface area contributed by atoms with E-state index < -0.39 is 12.4 Å². The number of esters is 1. The molecule has 0 amide bonds. The van der Waals surface area contributed by atoms with Gasteiger partial charge in [-0.2, -0.15) is 0 Å². The molecule has 0 atom stereocenters. The SMILES string of the molecule is CCOC(=O)c1ccccc1C(F)F. The smallest absolute Gasteiger partial charge is 0.338 e. The molecule has 0 heterocycles. The van der Waals surface area contributed by atoms with E-state index in [4.69, 9.17) is 0 Å². The minimum Gasteiger partial charge on any atom is -0.462 e. The first-order chi connectivity index (χ1) is 6.66. The molecule has 0 aliphatic carbocycles. The first-order valence-corrected chi connectivity index (χ1v) is 4.21. The first-order valence-electron chi connectivity index (χ1n) is 4.21. The second kappa shape index (κ2) is 4.69. The van der Waals surface area contributed by atoms with Gasteiger partial charge < -0.3 is 4.74 Å². The third-order valence-corrected chi connectivity index (χ3v) is 1.69. The molecule has 0 unspecified atom stereocenters. The van der Waals surface area contributed by atoms with Crippen LogP contribution in [0.4, 0.5) is 8.78 Å². The molecule has 0 aliphatic rings. The predicted molar refractivity (Wildman–Crippen MR) is 47.4 cm³/mol. The number of hydrogen-bond acceptors (Lipinski definition) is 2. The van der Waals surface area contributed by atoms with Gasteiger partial charge in [0.05, 0.1) is 12.2 Å². The predicted octanol–water partition coefficient (Wildman–Crippen LogP) is 2.80. The van der Waals surface area contributed by atoms with E-state index in [-0.39, 0.29) is 17.7 Å². The molecule has 0 aliphatic heterocycles. The van der Waals surface area contributed by atoms with Crippen LogP contribution < -0.4 is 0 Å². The number of benzene rings is 1. The zero-order chi connectivity index (χ0) is 10.6. The number of hydrogen-bond donors (Lipinski definition) is 0. The Hall–Kier alpha value is -1.45. The standard InChI is InChI=1S/C10H10F2O2/c1-2-14-10(13)8-6-4-3-5-7(8)9(11)12/h3-6,9H,2H2,1H3. The molecule has 76 valence electrons. The molecule has 0 bridgehead atoms. The van der Waals surface area contributed by atoms with Gasteiger partial charge in [0.2, 0.25) is 0 Å². The van der Waals surface area contributed by atoms with Crippen molar-refractivity contribution in [1.29, 1.82) is 0 Å². The molecule has 0 spiro atoms. The van der Waals surface area contributed by atoms with E-state index in [2.05, 4.69) is 4.74 Å². The number of carbonyl (C=O) groups excluding carboxylic acids is 1. The normalized spacial score (nSPS) is 10.3. The first kappa shape index (κ1) is 10.6. The van der Waals surface area contributed by atoms with E-state index in [9.17, 15) is 13.6 Å². The molecular weight excluding hydrogens is 190 g/mol. The molecule has 1 rings (SSSR count). The molecule has 0 aromatic heterocycles. The van der Waals surface area contributed by atoms with Crippen LogP contribution in [0.5, 0.6) is 0 Å². The van der Waals surface area contributed by atoms with Crippen molar-refractivity contribution in [3.8, 4) is 0 Å². The van der Waals surface area contributed by atoms with Crippen molar-refractivity contribution in [1.82, 2.24) is 0 Å². The van der Waals surface area contributed by atoms with E-state index in [1.807, 2.05) is 0 Å². The van der Waals surface area contributed by atoms with Crippen molar-refractivity contribution in [2.45, 2.75) is 13.3 Å². The summed E-state index contributed by atoms with van der Waals surface area (Å²) in [6.45, 7) is 1.80. The maximum absolute atomic E-state index is 12.4. The minimum atomic E-state index is -2.66. The maximum Gasteiger partial charge on any atom is 0.338 e. The van der Waals surface area contributed by atoms with Crippen molar-refractivity contribution < 1.29 is 18.3 Å². The van der Waals surface area contributed by atoms with E-state index in [0.717, 1.165) is 0 Å². The number of ether oxygens (including phenoxy) is 1. The number of rotatable bonds is 3. The van der Waals surface area contributed by atoms with Crippen LogP contribution in [0.25, 0.3) is 0 Å². The van der Waals surface area contributed by atoms with E-state index >= 15 is 0 Å². The van der Waals surface area contributed by atoms with Crippen LogP contribution in [-0.4, -0.2) is 12.6 Å². The van der Waals surface area contributed by atoms with Crippen molar-refractivity contribution in [2.75, 3.05) is 6.61 Å². The summed E-state index contributed by atoms with van der Waals surface area (Å²) in [5, 5.41) is 0. The van der Waals surface area contributed by atoms with Gasteiger partial charge in [-0.15, -0.1) is 0 Å². The van der Waals surface area contributed by atoms with E-state index in [1.54, 1.807) is 6.92 Å². The number of alkyl halides is 2. The van der Waals surface area contributed by atoms with E-state index in [1.165, 1.54) is 24.3 Å². The molecule has 4 heteroatoms. The third kappa shape index (κ3) is 2.28. The summed E-state index contributed by atoms with van der Waals surface area (Å²) in [6.07, 6.45) is -2.66. The monoisotopic (exact) mass is 200 g/mol. The molecule has 0 saturated carbocycles. The van der Waals surface area contributed by atoms with Gasteiger partial charge in [0.25, 0.3) is 6.43 Å². The van der Waals surface area contributed by atoms with Crippen LogP contribution in [0.1, 0.15) is 29.3 Å². The Balaban J connectivity index is 3.00. The number of halogens is 2. The van der Waals surface area contributed by atoms with Crippen molar-refractivity contribution in [3.63, 3.8) is 0 Å². The Morgan fingerprint density at radius 3 is 2.64 bits per heavy atom. The van der Waals surface area contributed by atoms with Gasteiger partial charge in [-0.3, -0.25) is 0 Å². The summed E-state index contributed by atoms with van der Waals surface area (Å²) >= 11 is 0. The van der Waals surface area contributed by atoms with Crippen LogP contribution in [0.15, 0.2) is 24.3 Å². The van der Waals surface area contributed by atoms with Gasteiger partial charge in [0.1, 0.15) is 0 Å². The molecule has 1 aromatic carbocycles. The van der Waals surface area contributed by atoms with Gasteiger partial charge in [-0.05, 0) is 13.0 Å². The zero-order valence-electron chi connectivity index (χ0n) is 7.67. The number of carbonyl (C=O) groups is 1. The molecule has 0 fully saturated rings. The lowest BCUT2D eigenvalue weighted by Crippen LogP contribution is -2.08. The molecule has 1 aromatic rings. The summed E-state index contributed by atoms with van der Waals surface area (Å²) in [6, 6.07) is 5.54. The van der Waals surface area contributed by atoms with Crippen molar-refractivity contribution in [3.05, 3.63) is 35.4 Å². The maximum atomic E-state index is 12.4. The quantitative estimate of drug-likeness (QED) is 0.701. The molecule has 0 N–H and O–H groups in total. The lowest BCUT2D eigenvalue weighted by molar-refractivity contribution is 0.0515. The van der Waals surface area contributed by atoms with Crippen molar-refractivity contribution >= 4 is 5.97 Å². The Morgan fingerprint density at radius 1 is 1.43 bits per heavy atom. The third-order valence-electron chi connectivity index (χ3n) is 1.69. The summed E-state index contributed by atoms with van der Waals surface area (Å²) in [7, 11) is 0. The van der Waals surface area contributed by atoms with Crippen LogP contribution >= 0.6 is 0 Å². The lowest BCUT2D eigenvalue weighted by Gasteiger charge is -2.06. The van der Waals surface area contributed by atoms with Gasteiger partial charge in [0, 0.05) is 5.56 Å².